The standard InChI is InChI=1S/C3BrCl3O/c4-2(8)1(5)3(6)7. The Kier molecular flexibility index (Phi) is 4.08. The minimum Gasteiger partial charge on any atom is -0.280 e. The Morgan fingerprint density at radius 2 is 1.62 bits per heavy atom. The second-order valence-electron chi connectivity index (χ2n) is 0.848. The van der Waals surface area contributed by atoms with E-state index < -0.39 is 4.69 Å². The van der Waals surface area contributed by atoms with E-state index in [0.717, 1.165) is 0 Å². The third kappa shape index (κ3) is 2.92. The number of carbonyl (C=O) groups excluding carboxylic acids is 1. The Morgan fingerprint density at radius 1 is 1.25 bits per heavy atom. The SMILES string of the molecule is O=C(Br)C(Cl)=C(Cl)Cl. The van der Waals surface area contributed by atoms with Gasteiger partial charge in [0, 0.05) is 0 Å². The highest BCUT2D eigenvalue weighted by molar-refractivity contribution is 9.18. The Morgan fingerprint density at radius 3 is 1.62 bits per heavy atom. The maximum atomic E-state index is 10.1. The van der Waals surface area contributed by atoms with Gasteiger partial charge in [0.2, 0.25) is 4.69 Å². The van der Waals surface area contributed by atoms with Crippen LogP contribution in [0.3, 0.4) is 0 Å². The van der Waals surface area contributed by atoms with Crippen LogP contribution in [0.2, 0.25) is 0 Å². The normalized spacial score (nSPS) is 8.50. The monoisotopic (exact) mass is 236 g/mol. The molecule has 0 aliphatic carbocycles. The zero-order valence-electron chi connectivity index (χ0n) is 3.42. The predicted octanol–water partition coefficient (Wildman–Crippen LogP) is 2.79. The van der Waals surface area contributed by atoms with E-state index in [9.17, 15) is 4.79 Å². The van der Waals surface area contributed by atoms with Gasteiger partial charge in [-0.1, -0.05) is 34.8 Å². The maximum absolute atomic E-state index is 10.1. The predicted molar refractivity (Wildman–Crippen MR) is 38.5 cm³/mol. The van der Waals surface area contributed by atoms with Crippen molar-refractivity contribution in [1.82, 2.24) is 0 Å². The van der Waals surface area contributed by atoms with Crippen molar-refractivity contribution in [3.05, 3.63) is 9.52 Å². The van der Waals surface area contributed by atoms with Crippen LogP contribution < -0.4 is 0 Å². The number of carbonyl (C=O) groups is 1. The average Bonchev–Trinajstić information content (AvgIpc) is 1.64. The van der Waals surface area contributed by atoms with E-state index in [1.807, 2.05) is 0 Å². The number of allylic oxidation sites excluding steroid dienone is 1. The van der Waals surface area contributed by atoms with Crippen molar-refractivity contribution >= 4 is 55.4 Å². The molecule has 0 aromatic carbocycles. The summed E-state index contributed by atoms with van der Waals surface area (Å²) >= 11 is 17.9. The summed E-state index contributed by atoms with van der Waals surface area (Å²) in [5, 5.41) is -0.201. The van der Waals surface area contributed by atoms with E-state index in [2.05, 4.69) is 15.9 Å². The fourth-order valence-corrected chi connectivity index (χ4v) is 0.672. The summed E-state index contributed by atoms with van der Waals surface area (Å²) in [7, 11) is 0. The van der Waals surface area contributed by atoms with Gasteiger partial charge in [-0.25, -0.2) is 0 Å². The molecule has 0 spiro atoms. The Bertz CT molecular complexity index is 137. The molecule has 0 amide bonds. The first-order chi connectivity index (χ1) is 3.55. The Hall–Kier alpha value is 0.760. The minimum absolute atomic E-state index is 0.201. The topological polar surface area (TPSA) is 17.1 Å². The summed E-state index contributed by atoms with van der Waals surface area (Å²) in [6.45, 7) is 0. The molecule has 0 bridgehead atoms. The number of rotatable bonds is 1. The molecule has 1 nitrogen and oxygen atoms in total. The largest absolute Gasteiger partial charge is 0.280 e. The van der Waals surface area contributed by atoms with Crippen molar-refractivity contribution in [3.63, 3.8) is 0 Å². The first-order valence-electron chi connectivity index (χ1n) is 1.46. The van der Waals surface area contributed by atoms with Gasteiger partial charge in [-0.15, -0.1) is 0 Å². The van der Waals surface area contributed by atoms with Crippen molar-refractivity contribution < 1.29 is 4.79 Å². The van der Waals surface area contributed by atoms with Crippen molar-refractivity contribution in [2.24, 2.45) is 0 Å². The van der Waals surface area contributed by atoms with Crippen LogP contribution in [-0.2, 0) is 4.79 Å². The summed E-state index contributed by atoms with van der Waals surface area (Å²) < 4.78 is -0.743. The number of halogens is 4. The summed E-state index contributed by atoms with van der Waals surface area (Å²) in [4.78, 5) is 10.1. The molecule has 0 fully saturated rings. The molecule has 0 heterocycles. The summed E-state index contributed by atoms with van der Waals surface area (Å²) in [6.07, 6.45) is 0. The van der Waals surface area contributed by atoms with Crippen molar-refractivity contribution in [1.29, 1.82) is 0 Å². The van der Waals surface area contributed by atoms with Crippen molar-refractivity contribution in [2.75, 3.05) is 0 Å². The van der Waals surface area contributed by atoms with Gasteiger partial charge in [-0.05, 0) is 15.9 Å². The molecule has 5 heteroatoms. The molecular weight excluding hydrogens is 238 g/mol. The lowest BCUT2D eigenvalue weighted by Crippen LogP contribution is -1.82. The van der Waals surface area contributed by atoms with Gasteiger partial charge in [-0.3, -0.25) is 4.79 Å². The zero-order chi connectivity index (χ0) is 6.73. The smallest absolute Gasteiger partial charge is 0.241 e. The quantitative estimate of drug-likeness (QED) is 0.507. The Balaban J connectivity index is 4.23. The second-order valence-corrected chi connectivity index (χ2v) is 2.90. The van der Waals surface area contributed by atoms with Gasteiger partial charge >= 0.3 is 0 Å². The molecule has 0 aliphatic rings. The van der Waals surface area contributed by atoms with E-state index in [-0.39, 0.29) is 9.52 Å². The first-order valence-corrected chi connectivity index (χ1v) is 3.39. The molecule has 0 aliphatic heterocycles. The highest BCUT2D eigenvalue weighted by Crippen LogP contribution is 2.20. The highest BCUT2D eigenvalue weighted by Gasteiger charge is 2.04. The fraction of sp³-hybridized carbons (Fsp3) is 0. The van der Waals surface area contributed by atoms with Crippen LogP contribution in [0, 0.1) is 0 Å². The molecule has 0 N–H and O–H groups in total. The molecule has 0 radical (unpaired) electrons. The summed E-state index contributed by atoms with van der Waals surface area (Å²) in [5.41, 5.74) is 0. The molecule has 8 heavy (non-hydrogen) atoms. The minimum atomic E-state index is -0.515. The highest BCUT2D eigenvalue weighted by atomic mass is 79.9. The van der Waals surface area contributed by atoms with E-state index in [0.29, 0.717) is 0 Å². The third-order valence-corrected chi connectivity index (χ3v) is 1.90. The lowest BCUT2D eigenvalue weighted by Gasteiger charge is -1.84. The van der Waals surface area contributed by atoms with E-state index in [4.69, 9.17) is 34.8 Å². The number of hydrogen-bond donors (Lipinski definition) is 0. The molecule has 46 valence electrons. The molecule has 0 atom stereocenters. The number of hydrogen-bond acceptors (Lipinski definition) is 1. The van der Waals surface area contributed by atoms with Gasteiger partial charge in [0.25, 0.3) is 0 Å². The molecule has 0 aromatic rings. The van der Waals surface area contributed by atoms with E-state index in [1.165, 1.54) is 0 Å². The van der Waals surface area contributed by atoms with Gasteiger partial charge < -0.3 is 0 Å². The van der Waals surface area contributed by atoms with Gasteiger partial charge in [0.05, 0.1) is 0 Å². The average molecular weight is 238 g/mol. The van der Waals surface area contributed by atoms with Gasteiger partial charge in [0.15, 0.2) is 0 Å². The fourth-order valence-electron chi connectivity index (χ4n) is 0.0743. The lowest BCUT2D eigenvalue weighted by molar-refractivity contribution is -0.106. The molecule has 0 rings (SSSR count). The molecule has 0 unspecified atom stereocenters. The molecule has 0 saturated heterocycles. The lowest BCUT2D eigenvalue weighted by atomic mass is 10.7. The van der Waals surface area contributed by atoms with Gasteiger partial charge in [0.1, 0.15) is 9.52 Å². The van der Waals surface area contributed by atoms with Crippen LogP contribution in [0.5, 0.6) is 0 Å². The maximum Gasteiger partial charge on any atom is 0.241 e. The second kappa shape index (κ2) is 3.72. The van der Waals surface area contributed by atoms with Crippen LogP contribution in [-0.4, -0.2) is 4.69 Å². The zero-order valence-corrected chi connectivity index (χ0v) is 7.27. The first kappa shape index (κ1) is 8.76. The van der Waals surface area contributed by atoms with Crippen LogP contribution in [0.1, 0.15) is 0 Å². The van der Waals surface area contributed by atoms with Crippen LogP contribution >= 0.6 is 50.7 Å². The summed E-state index contributed by atoms with van der Waals surface area (Å²) in [6, 6.07) is 0. The van der Waals surface area contributed by atoms with Crippen LogP contribution in [0.15, 0.2) is 9.52 Å². The molecular formula is C3BrCl3O. The molecule has 0 aromatic heterocycles. The molecule has 0 saturated carbocycles. The van der Waals surface area contributed by atoms with E-state index in [1.54, 1.807) is 0 Å². The third-order valence-electron chi connectivity index (χ3n) is 0.338. The van der Waals surface area contributed by atoms with E-state index >= 15 is 0 Å². The van der Waals surface area contributed by atoms with Crippen LogP contribution in [0.4, 0.5) is 0 Å². The van der Waals surface area contributed by atoms with Crippen molar-refractivity contribution in [2.45, 2.75) is 0 Å². The van der Waals surface area contributed by atoms with Crippen LogP contribution in [0.25, 0.3) is 0 Å². The van der Waals surface area contributed by atoms with Gasteiger partial charge in [-0.2, -0.15) is 0 Å². The van der Waals surface area contributed by atoms with Crippen molar-refractivity contribution in [3.8, 4) is 0 Å². The Labute approximate surface area is 69.7 Å². The summed E-state index contributed by atoms with van der Waals surface area (Å²) in [5.74, 6) is 0.